The lowest BCUT2D eigenvalue weighted by atomic mass is 9.98. The first kappa shape index (κ1) is 21.4. The van der Waals surface area contributed by atoms with Crippen molar-refractivity contribution < 1.29 is 18.0 Å². The van der Waals surface area contributed by atoms with Crippen molar-refractivity contribution in [3.63, 3.8) is 0 Å². The summed E-state index contributed by atoms with van der Waals surface area (Å²) < 4.78 is 24.2. The van der Waals surface area contributed by atoms with E-state index in [1.165, 1.54) is 0 Å². The van der Waals surface area contributed by atoms with Crippen LogP contribution in [-0.4, -0.2) is 37.2 Å². The van der Waals surface area contributed by atoms with Crippen LogP contribution in [0.2, 0.25) is 0 Å². The van der Waals surface area contributed by atoms with Crippen molar-refractivity contribution in [2.24, 2.45) is 11.8 Å². The molecule has 0 fully saturated rings. The van der Waals surface area contributed by atoms with Crippen LogP contribution >= 0.6 is 0 Å². The third-order valence-corrected chi connectivity index (χ3v) is 6.85. The number of carbonyl (C=O) groups excluding carboxylic acids is 2. The van der Waals surface area contributed by atoms with E-state index in [1.54, 1.807) is 34.6 Å². The van der Waals surface area contributed by atoms with Crippen molar-refractivity contribution in [3.05, 3.63) is 35.9 Å². The maximum Gasteiger partial charge on any atom is 0.225 e. The monoisotopic (exact) mass is 366 g/mol. The minimum absolute atomic E-state index is 0.113. The highest BCUT2D eigenvalue weighted by Gasteiger charge is 2.35. The Labute approximate surface area is 151 Å². The maximum atomic E-state index is 12.7. The molecule has 0 saturated heterocycles. The molecule has 1 aromatic carbocycles. The third-order valence-electron chi connectivity index (χ3n) is 4.14. The van der Waals surface area contributed by atoms with Gasteiger partial charge in [0.1, 0.15) is 0 Å². The van der Waals surface area contributed by atoms with Gasteiger partial charge in [0.2, 0.25) is 12.2 Å². The highest BCUT2D eigenvalue weighted by atomic mass is 32.2. The van der Waals surface area contributed by atoms with Crippen LogP contribution in [0.25, 0.3) is 0 Å². The van der Waals surface area contributed by atoms with E-state index in [0.717, 1.165) is 5.56 Å². The average Bonchev–Trinajstić information content (AvgIpc) is 2.51. The molecule has 0 aliphatic heterocycles. The van der Waals surface area contributed by atoms with Crippen LogP contribution in [0.15, 0.2) is 30.3 Å². The summed E-state index contributed by atoms with van der Waals surface area (Å²) in [5.41, 5.74) is 0.878. The molecule has 1 amide bonds. The van der Waals surface area contributed by atoms with E-state index >= 15 is 0 Å². The zero-order valence-corrected chi connectivity index (χ0v) is 16.4. The zero-order valence-electron chi connectivity index (χ0n) is 15.6. The number of amides is 1. The molecular weight excluding hydrogens is 338 g/mol. The molecule has 139 valence electrons. The smallest absolute Gasteiger partial charge is 0.225 e. The van der Waals surface area contributed by atoms with E-state index in [2.05, 4.69) is 5.32 Å². The Morgan fingerprint density at radius 1 is 1.16 bits per heavy atom. The minimum atomic E-state index is -3.48. The van der Waals surface area contributed by atoms with Crippen LogP contribution in [0.5, 0.6) is 0 Å². The van der Waals surface area contributed by atoms with E-state index in [0.29, 0.717) is 6.42 Å². The molecule has 5 nitrogen and oxygen atoms in total. The van der Waals surface area contributed by atoms with Crippen molar-refractivity contribution in [1.82, 2.24) is 5.32 Å². The van der Waals surface area contributed by atoms with Crippen LogP contribution in [0.1, 0.15) is 40.2 Å². The van der Waals surface area contributed by atoms with E-state index in [9.17, 15) is 18.0 Å². The van der Waals surface area contributed by atoms with Gasteiger partial charge in [-0.05, 0) is 38.7 Å². The van der Waals surface area contributed by atoms with Gasteiger partial charge in [0, 0.05) is 0 Å². The molecule has 0 heterocycles. The Hall–Kier alpha value is -1.69. The summed E-state index contributed by atoms with van der Waals surface area (Å²) >= 11 is 0. The summed E-state index contributed by atoms with van der Waals surface area (Å²) in [4.78, 5) is 23.7. The SMILES string of the molecule is CC(C)[C@@H]([C]=O)NC(=O)C(Cc1ccccc1)CS(=O)(=O)C(C)(C)C. The molecule has 0 aliphatic rings. The van der Waals surface area contributed by atoms with Gasteiger partial charge < -0.3 is 5.32 Å². The number of sulfone groups is 1. The van der Waals surface area contributed by atoms with Crippen LogP contribution < -0.4 is 5.32 Å². The molecule has 2 atom stereocenters. The molecule has 0 aliphatic carbocycles. The van der Waals surface area contributed by atoms with Crippen LogP contribution in [0.3, 0.4) is 0 Å². The summed E-state index contributed by atoms with van der Waals surface area (Å²) in [6.45, 7) is 8.46. The maximum absolute atomic E-state index is 12.7. The predicted octanol–water partition coefficient (Wildman–Crippen LogP) is 2.31. The quantitative estimate of drug-likeness (QED) is 0.765. The molecule has 0 spiro atoms. The molecule has 1 radical (unpaired) electrons. The Kier molecular flexibility index (Phi) is 7.35. The molecule has 0 aromatic heterocycles. The largest absolute Gasteiger partial charge is 0.345 e. The Bertz CT molecular complexity index is 675. The highest BCUT2D eigenvalue weighted by Crippen LogP contribution is 2.21. The number of nitrogens with one attached hydrogen (secondary N) is 1. The van der Waals surface area contributed by atoms with Gasteiger partial charge in [0.05, 0.1) is 22.5 Å². The summed E-state index contributed by atoms with van der Waals surface area (Å²) in [6.07, 6.45) is 2.11. The van der Waals surface area contributed by atoms with Crippen molar-refractivity contribution >= 4 is 22.0 Å². The highest BCUT2D eigenvalue weighted by molar-refractivity contribution is 7.92. The molecule has 1 unspecified atom stereocenters. The third kappa shape index (κ3) is 6.27. The molecule has 6 heteroatoms. The standard InChI is InChI=1S/C19H28NO4S/c1-14(2)17(12-21)20-18(22)16(11-15-9-7-6-8-10-15)13-25(23,24)19(3,4)5/h6-10,14,16-17H,11,13H2,1-5H3,(H,20,22)/t16?,17-/m1/s1. The van der Waals surface area contributed by atoms with Gasteiger partial charge in [-0.3, -0.25) is 9.59 Å². The van der Waals surface area contributed by atoms with Crippen LogP contribution in [0, 0.1) is 11.8 Å². The van der Waals surface area contributed by atoms with Crippen molar-refractivity contribution in [3.8, 4) is 0 Å². The summed E-state index contributed by atoms with van der Waals surface area (Å²) in [7, 11) is -3.48. The van der Waals surface area contributed by atoms with Crippen molar-refractivity contribution in [1.29, 1.82) is 0 Å². The second-order valence-electron chi connectivity index (χ2n) is 7.63. The van der Waals surface area contributed by atoms with E-state index < -0.39 is 32.5 Å². The molecule has 25 heavy (non-hydrogen) atoms. The average molecular weight is 367 g/mol. The van der Waals surface area contributed by atoms with Crippen molar-refractivity contribution in [2.75, 3.05) is 5.75 Å². The van der Waals surface area contributed by atoms with Crippen LogP contribution in [-0.2, 0) is 25.8 Å². The van der Waals surface area contributed by atoms with Gasteiger partial charge in [-0.15, -0.1) is 0 Å². The lowest BCUT2D eigenvalue weighted by Gasteiger charge is -2.25. The zero-order chi connectivity index (χ0) is 19.3. The predicted molar refractivity (Wildman–Crippen MR) is 99.6 cm³/mol. The molecule has 1 aromatic rings. The summed E-state index contributed by atoms with van der Waals surface area (Å²) in [5.74, 6) is -1.57. The van der Waals surface area contributed by atoms with Gasteiger partial charge in [0.15, 0.2) is 9.84 Å². The van der Waals surface area contributed by atoms with Gasteiger partial charge in [-0.1, -0.05) is 44.2 Å². The summed E-state index contributed by atoms with van der Waals surface area (Å²) in [6, 6.07) is 8.52. The van der Waals surface area contributed by atoms with Gasteiger partial charge in [-0.25, -0.2) is 8.42 Å². The number of carbonyl (C=O) groups is 1. The van der Waals surface area contributed by atoms with Crippen molar-refractivity contribution in [2.45, 2.75) is 51.8 Å². The molecule has 1 N–H and O–H groups in total. The second kappa shape index (κ2) is 8.61. The second-order valence-corrected chi connectivity index (χ2v) is 10.4. The Morgan fingerprint density at radius 3 is 2.16 bits per heavy atom. The topological polar surface area (TPSA) is 80.3 Å². The van der Waals surface area contributed by atoms with E-state index in [-0.39, 0.29) is 11.7 Å². The van der Waals surface area contributed by atoms with E-state index in [4.69, 9.17) is 0 Å². The first-order valence-corrected chi connectivity index (χ1v) is 10.1. The molecule has 0 saturated carbocycles. The number of hydrogen-bond donors (Lipinski definition) is 1. The Balaban J connectivity index is 3.06. The molecular formula is C19H28NO4S. The fourth-order valence-electron chi connectivity index (χ4n) is 2.24. The summed E-state index contributed by atoms with van der Waals surface area (Å²) in [5, 5.41) is 2.63. The minimum Gasteiger partial charge on any atom is -0.345 e. The molecule has 1 rings (SSSR count). The number of hydrogen-bond acceptors (Lipinski definition) is 4. The number of benzene rings is 1. The fourth-order valence-corrected chi connectivity index (χ4v) is 3.54. The van der Waals surface area contributed by atoms with E-state index in [1.807, 2.05) is 36.6 Å². The lowest BCUT2D eigenvalue weighted by Crippen LogP contribution is -2.46. The van der Waals surface area contributed by atoms with Gasteiger partial charge in [-0.2, -0.15) is 0 Å². The fraction of sp³-hybridized carbons (Fsp3) is 0.579. The van der Waals surface area contributed by atoms with Crippen LogP contribution in [0.4, 0.5) is 0 Å². The van der Waals surface area contributed by atoms with Gasteiger partial charge in [0.25, 0.3) is 0 Å². The molecule has 0 bridgehead atoms. The first-order valence-electron chi connectivity index (χ1n) is 8.42. The normalized spacial score (nSPS) is 14.8. The lowest BCUT2D eigenvalue weighted by molar-refractivity contribution is -0.124. The first-order chi connectivity index (χ1) is 11.5. The number of rotatable bonds is 8. The Morgan fingerprint density at radius 2 is 1.72 bits per heavy atom. The van der Waals surface area contributed by atoms with Gasteiger partial charge >= 0.3 is 0 Å².